The largest absolute Gasteiger partial charge is 0.340 e. The van der Waals surface area contributed by atoms with Crippen LogP contribution in [0.1, 0.15) is 57.8 Å². The fourth-order valence-electron chi connectivity index (χ4n) is 7.33. The van der Waals surface area contributed by atoms with E-state index in [0.717, 1.165) is 75.9 Å². The fourth-order valence-corrected chi connectivity index (χ4v) is 7.33. The van der Waals surface area contributed by atoms with Crippen LogP contribution in [-0.4, -0.2) is 60.4 Å². The summed E-state index contributed by atoms with van der Waals surface area (Å²) in [5.41, 5.74) is -0.120. The molecule has 2 amide bonds. The molecule has 26 heavy (non-hydrogen) atoms. The highest BCUT2D eigenvalue weighted by atomic mass is 16.2. The molecule has 5 heteroatoms. The molecule has 2 aliphatic heterocycles. The van der Waals surface area contributed by atoms with Crippen LogP contribution in [0.15, 0.2) is 0 Å². The molecule has 6 aliphatic rings. The highest BCUT2D eigenvalue weighted by Crippen LogP contribution is 2.60. The first-order chi connectivity index (χ1) is 12.6. The van der Waals surface area contributed by atoms with Gasteiger partial charge in [-0.3, -0.25) is 9.59 Å². The normalized spacial score (nSPS) is 43.9. The lowest BCUT2D eigenvalue weighted by atomic mass is 9.49. The van der Waals surface area contributed by atoms with E-state index in [1.54, 1.807) is 0 Å². The zero-order valence-corrected chi connectivity index (χ0v) is 16.1. The van der Waals surface area contributed by atoms with Gasteiger partial charge in [0.25, 0.3) is 0 Å². The summed E-state index contributed by atoms with van der Waals surface area (Å²) in [4.78, 5) is 30.8. The molecule has 2 atom stereocenters. The summed E-state index contributed by atoms with van der Waals surface area (Å²) in [6.07, 6.45) is 10.2. The van der Waals surface area contributed by atoms with E-state index in [9.17, 15) is 9.59 Å². The van der Waals surface area contributed by atoms with Crippen molar-refractivity contribution in [2.45, 2.75) is 69.9 Å². The number of carbonyl (C=O) groups excluding carboxylic acids is 2. The molecular weight excluding hydrogens is 326 g/mol. The molecule has 5 nitrogen and oxygen atoms in total. The number of hydrogen-bond acceptors (Lipinski definition) is 3. The molecule has 0 aromatic heterocycles. The Kier molecular flexibility index (Phi) is 4.07. The van der Waals surface area contributed by atoms with Gasteiger partial charge in [-0.15, -0.1) is 0 Å². The van der Waals surface area contributed by atoms with Crippen molar-refractivity contribution in [2.75, 3.05) is 26.7 Å². The predicted molar refractivity (Wildman–Crippen MR) is 99.4 cm³/mol. The van der Waals surface area contributed by atoms with Gasteiger partial charge in [0.2, 0.25) is 11.8 Å². The van der Waals surface area contributed by atoms with Crippen molar-refractivity contribution in [1.82, 2.24) is 15.1 Å². The van der Waals surface area contributed by atoms with Gasteiger partial charge in [-0.05, 0) is 82.1 Å². The van der Waals surface area contributed by atoms with Crippen LogP contribution in [0.5, 0.6) is 0 Å². The number of amides is 2. The van der Waals surface area contributed by atoms with Crippen molar-refractivity contribution < 1.29 is 9.59 Å². The number of carbonyl (C=O) groups is 2. The van der Waals surface area contributed by atoms with E-state index in [-0.39, 0.29) is 17.4 Å². The molecule has 0 aromatic carbocycles. The van der Waals surface area contributed by atoms with Crippen LogP contribution in [0.25, 0.3) is 0 Å². The Hall–Kier alpha value is -1.10. The zero-order chi connectivity index (χ0) is 17.9. The Morgan fingerprint density at radius 1 is 1.04 bits per heavy atom. The molecule has 1 N–H and O–H groups in total. The van der Waals surface area contributed by atoms with Crippen LogP contribution < -0.4 is 5.32 Å². The molecule has 2 unspecified atom stereocenters. The standard InChI is InChI=1S/C21H33N3O2/c1-23(17-4-5-22-13-17)19(25)18-3-2-6-24(18)20(26)21-10-14-7-15(11-21)9-16(8-14)12-21/h14-18,22H,2-13H2,1H3. The lowest BCUT2D eigenvalue weighted by molar-refractivity contribution is -0.162. The van der Waals surface area contributed by atoms with Crippen molar-refractivity contribution >= 4 is 11.8 Å². The van der Waals surface area contributed by atoms with Crippen LogP contribution in [0.4, 0.5) is 0 Å². The number of likely N-dealkylation sites (N-methyl/N-ethyl adjacent to an activating group) is 1. The second kappa shape index (κ2) is 6.22. The third-order valence-corrected chi connectivity index (χ3v) is 8.22. The zero-order valence-electron chi connectivity index (χ0n) is 16.1. The van der Waals surface area contributed by atoms with Crippen molar-refractivity contribution in [3.63, 3.8) is 0 Å². The van der Waals surface area contributed by atoms with Crippen molar-refractivity contribution in [2.24, 2.45) is 23.2 Å². The molecule has 144 valence electrons. The maximum Gasteiger partial charge on any atom is 0.245 e. The van der Waals surface area contributed by atoms with Gasteiger partial charge in [-0.1, -0.05) is 0 Å². The number of rotatable bonds is 3. The maximum atomic E-state index is 13.7. The van der Waals surface area contributed by atoms with Crippen LogP contribution in [-0.2, 0) is 9.59 Å². The number of likely N-dealkylation sites (tertiary alicyclic amines) is 1. The number of hydrogen-bond donors (Lipinski definition) is 1. The summed E-state index contributed by atoms with van der Waals surface area (Å²) in [6.45, 7) is 2.66. The lowest BCUT2D eigenvalue weighted by Gasteiger charge is -2.56. The third-order valence-electron chi connectivity index (χ3n) is 8.22. The maximum absolute atomic E-state index is 13.7. The minimum atomic E-state index is -0.207. The minimum Gasteiger partial charge on any atom is -0.340 e. The van der Waals surface area contributed by atoms with E-state index in [1.807, 2.05) is 16.8 Å². The first-order valence-corrected chi connectivity index (χ1v) is 10.8. The van der Waals surface area contributed by atoms with Crippen LogP contribution in [0, 0.1) is 23.2 Å². The average molecular weight is 360 g/mol. The monoisotopic (exact) mass is 359 g/mol. The van der Waals surface area contributed by atoms with Gasteiger partial charge in [0, 0.05) is 26.2 Å². The molecule has 2 saturated heterocycles. The van der Waals surface area contributed by atoms with Gasteiger partial charge in [-0.25, -0.2) is 0 Å². The van der Waals surface area contributed by atoms with Crippen molar-refractivity contribution in [1.29, 1.82) is 0 Å². The first kappa shape index (κ1) is 17.0. The molecule has 2 heterocycles. The number of nitrogens with one attached hydrogen (secondary N) is 1. The molecule has 0 radical (unpaired) electrons. The van der Waals surface area contributed by atoms with Gasteiger partial charge in [0.1, 0.15) is 6.04 Å². The average Bonchev–Trinajstić information content (AvgIpc) is 3.30. The van der Waals surface area contributed by atoms with E-state index >= 15 is 0 Å². The summed E-state index contributed by atoms with van der Waals surface area (Å²) in [5.74, 6) is 2.83. The number of nitrogens with zero attached hydrogens (tertiary/aromatic N) is 2. The molecule has 4 bridgehead atoms. The molecule has 6 fully saturated rings. The quantitative estimate of drug-likeness (QED) is 0.839. The van der Waals surface area contributed by atoms with Gasteiger partial charge in [0.15, 0.2) is 0 Å². The summed E-state index contributed by atoms with van der Waals surface area (Å²) < 4.78 is 0. The van der Waals surface area contributed by atoms with E-state index in [0.29, 0.717) is 11.9 Å². The molecule has 6 rings (SSSR count). The summed E-state index contributed by atoms with van der Waals surface area (Å²) in [7, 11) is 1.94. The Labute approximate surface area is 156 Å². The third kappa shape index (κ3) is 2.61. The van der Waals surface area contributed by atoms with Crippen LogP contribution in [0.2, 0.25) is 0 Å². The van der Waals surface area contributed by atoms with Gasteiger partial charge in [-0.2, -0.15) is 0 Å². The van der Waals surface area contributed by atoms with E-state index in [2.05, 4.69) is 5.32 Å². The van der Waals surface area contributed by atoms with Crippen LogP contribution >= 0.6 is 0 Å². The lowest BCUT2D eigenvalue weighted by Crippen LogP contribution is -2.58. The highest BCUT2D eigenvalue weighted by Gasteiger charge is 2.57. The summed E-state index contributed by atoms with van der Waals surface area (Å²) >= 11 is 0. The Morgan fingerprint density at radius 3 is 2.27 bits per heavy atom. The predicted octanol–water partition coefficient (Wildman–Crippen LogP) is 2.01. The molecule has 0 aromatic rings. The van der Waals surface area contributed by atoms with Crippen molar-refractivity contribution in [3.8, 4) is 0 Å². The molecular formula is C21H33N3O2. The SMILES string of the molecule is CN(C(=O)C1CCCN1C(=O)C12CC3CC(CC(C3)C1)C2)C1CCNC1. The highest BCUT2D eigenvalue weighted by molar-refractivity contribution is 5.91. The minimum absolute atomic E-state index is 0.120. The van der Waals surface area contributed by atoms with Crippen LogP contribution in [0.3, 0.4) is 0 Å². The van der Waals surface area contributed by atoms with E-state index < -0.39 is 0 Å². The Morgan fingerprint density at radius 2 is 1.69 bits per heavy atom. The second-order valence-corrected chi connectivity index (χ2v) is 9.95. The summed E-state index contributed by atoms with van der Waals surface area (Å²) in [6, 6.07) is 0.0840. The Balaban J connectivity index is 1.34. The molecule has 4 aliphatic carbocycles. The van der Waals surface area contributed by atoms with Gasteiger partial charge in [0.05, 0.1) is 5.41 Å². The first-order valence-electron chi connectivity index (χ1n) is 10.8. The van der Waals surface area contributed by atoms with Crippen molar-refractivity contribution in [3.05, 3.63) is 0 Å². The van der Waals surface area contributed by atoms with E-state index in [4.69, 9.17) is 0 Å². The van der Waals surface area contributed by atoms with Gasteiger partial charge >= 0.3 is 0 Å². The second-order valence-electron chi connectivity index (χ2n) is 9.95. The molecule has 4 saturated carbocycles. The van der Waals surface area contributed by atoms with Gasteiger partial charge < -0.3 is 15.1 Å². The smallest absolute Gasteiger partial charge is 0.245 e. The Bertz CT molecular complexity index is 563. The molecule has 0 spiro atoms. The van der Waals surface area contributed by atoms with E-state index in [1.165, 1.54) is 19.3 Å². The topological polar surface area (TPSA) is 52.7 Å². The summed E-state index contributed by atoms with van der Waals surface area (Å²) in [5, 5.41) is 3.35. The fraction of sp³-hybridized carbons (Fsp3) is 0.905.